The van der Waals surface area contributed by atoms with Gasteiger partial charge in [-0.3, -0.25) is 0 Å². The molecule has 2 aliphatic carbocycles. The second-order valence-corrected chi connectivity index (χ2v) is 3.95. The largest absolute Gasteiger partial charge is 0.501 e. The molecule has 11 heavy (non-hydrogen) atoms. The summed E-state index contributed by atoms with van der Waals surface area (Å²) in [6.07, 6.45) is 5.65. The molecule has 62 valence electrons. The molecule has 2 aliphatic rings. The Morgan fingerprint density at radius 2 is 2.18 bits per heavy atom. The zero-order chi connectivity index (χ0) is 7.84. The van der Waals surface area contributed by atoms with Crippen molar-refractivity contribution < 1.29 is 4.74 Å². The molecule has 0 saturated heterocycles. The summed E-state index contributed by atoms with van der Waals surface area (Å²) in [5.41, 5.74) is 0. The van der Waals surface area contributed by atoms with Gasteiger partial charge in [0.25, 0.3) is 0 Å². The lowest BCUT2D eigenvalue weighted by molar-refractivity contribution is 0.205. The standard InChI is InChI=1S/C10H16O/c1-7(11-2)10-6-8-3-4-9(10)5-8/h8-10H,1,3-6H2,2H3/t8-,9+,10+/m0/s1. The van der Waals surface area contributed by atoms with Gasteiger partial charge in [-0.2, -0.15) is 0 Å². The molecule has 2 bridgehead atoms. The van der Waals surface area contributed by atoms with Gasteiger partial charge in [0.2, 0.25) is 0 Å². The summed E-state index contributed by atoms with van der Waals surface area (Å²) in [6.45, 7) is 3.95. The predicted molar refractivity (Wildman–Crippen MR) is 45.1 cm³/mol. The van der Waals surface area contributed by atoms with E-state index in [1.54, 1.807) is 7.11 Å². The van der Waals surface area contributed by atoms with Gasteiger partial charge in [-0.15, -0.1) is 0 Å². The second kappa shape index (κ2) is 2.54. The van der Waals surface area contributed by atoms with Crippen molar-refractivity contribution >= 4 is 0 Å². The van der Waals surface area contributed by atoms with Crippen LogP contribution in [0.2, 0.25) is 0 Å². The summed E-state index contributed by atoms with van der Waals surface area (Å²) in [6, 6.07) is 0. The molecule has 0 radical (unpaired) electrons. The Bertz CT molecular complexity index is 174. The number of allylic oxidation sites excluding steroid dienone is 1. The molecule has 1 nitrogen and oxygen atoms in total. The van der Waals surface area contributed by atoms with E-state index < -0.39 is 0 Å². The van der Waals surface area contributed by atoms with Crippen LogP contribution in [0.15, 0.2) is 12.3 Å². The van der Waals surface area contributed by atoms with Gasteiger partial charge in [0.15, 0.2) is 0 Å². The van der Waals surface area contributed by atoms with E-state index >= 15 is 0 Å². The monoisotopic (exact) mass is 152 g/mol. The fourth-order valence-corrected chi connectivity index (χ4v) is 2.79. The smallest absolute Gasteiger partial charge is 0.0917 e. The van der Waals surface area contributed by atoms with Crippen LogP contribution in [0.3, 0.4) is 0 Å². The third-order valence-corrected chi connectivity index (χ3v) is 3.41. The van der Waals surface area contributed by atoms with Gasteiger partial charge in [0.05, 0.1) is 12.9 Å². The van der Waals surface area contributed by atoms with E-state index in [9.17, 15) is 0 Å². The van der Waals surface area contributed by atoms with Crippen molar-refractivity contribution in [3.8, 4) is 0 Å². The Kier molecular flexibility index (Phi) is 1.67. The second-order valence-electron chi connectivity index (χ2n) is 3.95. The lowest BCUT2D eigenvalue weighted by Gasteiger charge is -2.22. The van der Waals surface area contributed by atoms with Crippen LogP contribution < -0.4 is 0 Å². The van der Waals surface area contributed by atoms with Crippen LogP contribution >= 0.6 is 0 Å². The Labute approximate surface area is 68.4 Å². The normalized spacial score (nSPS) is 41.0. The number of fused-ring (bicyclic) bond motifs is 2. The van der Waals surface area contributed by atoms with Crippen molar-refractivity contribution in [2.24, 2.45) is 17.8 Å². The third kappa shape index (κ3) is 1.07. The molecule has 0 aromatic rings. The predicted octanol–water partition coefficient (Wildman–Crippen LogP) is 2.58. The van der Waals surface area contributed by atoms with Gasteiger partial charge in [-0.25, -0.2) is 0 Å². The van der Waals surface area contributed by atoms with E-state index in [4.69, 9.17) is 4.74 Å². The molecule has 3 atom stereocenters. The zero-order valence-electron chi connectivity index (χ0n) is 7.18. The van der Waals surface area contributed by atoms with Gasteiger partial charge in [0, 0.05) is 5.92 Å². The van der Waals surface area contributed by atoms with Crippen LogP contribution in [-0.2, 0) is 4.74 Å². The van der Waals surface area contributed by atoms with E-state index in [-0.39, 0.29) is 0 Å². The quantitative estimate of drug-likeness (QED) is 0.553. The van der Waals surface area contributed by atoms with E-state index in [0.717, 1.165) is 17.6 Å². The number of methoxy groups -OCH3 is 1. The average Bonchev–Trinajstić information content (AvgIpc) is 2.62. The summed E-state index contributed by atoms with van der Waals surface area (Å²) in [5, 5.41) is 0. The molecule has 0 spiro atoms. The van der Waals surface area contributed by atoms with Gasteiger partial charge >= 0.3 is 0 Å². The molecule has 0 N–H and O–H groups in total. The highest BCUT2D eigenvalue weighted by Gasteiger charge is 2.41. The number of hydrogen-bond donors (Lipinski definition) is 0. The van der Waals surface area contributed by atoms with Crippen molar-refractivity contribution in [1.29, 1.82) is 0 Å². The highest BCUT2D eigenvalue weighted by Crippen LogP contribution is 2.50. The van der Waals surface area contributed by atoms with Crippen molar-refractivity contribution in [2.75, 3.05) is 7.11 Å². The summed E-state index contributed by atoms with van der Waals surface area (Å²) in [7, 11) is 1.74. The molecule has 2 rings (SSSR count). The van der Waals surface area contributed by atoms with Crippen LogP contribution in [0.5, 0.6) is 0 Å². The number of rotatable bonds is 2. The van der Waals surface area contributed by atoms with Gasteiger partial charge in [-0.05, 0) is 31.1 Å². The first-order valence-electron chi connectivity index (χ1n) is 4.54. The number of hydrogen-bond acceptors (Lipinski definition) is 1. The van der Waals surface area contributed by atoms with Gasteiger partial charge in [0.1, 0.15) is 0 Å². The fourth-order valence-electron chi connectivity index (χ4n) is 2.79. The Morgan fingerprint density at radius 3 is 2.64 bits per heavy atom. The van der Waals surface area contributed by atoms with Crippen molar-refractivity contribution in [1.82, 2.24) is 0 Å². The van der Waals surface area contributed by atoms with Crippen molar-refractivity contribution in [3.05, 3.63) is 12.3 Å². The van der Waals surface area contributed by atoms with Gasteiger partial charge < -0.3 is 4.74 Å². The zero-order valence-corrected chi connectivity index (χ0v) is 7.18. The maximum absolute atomic E-state index is 5.19. The maximum Gasteiger partial charge on any atom is 0.0917 e. The maximum atomic E-state index is 5.19. The summed E-state index contributed by atoms with van der Waals surface area (Å²) >= 11 is 0. The minimum absolute atomic E-state index is 0.693. The summed E-state index contributed by atoms with van der Waals surface area (Å²) in [5.74, 6) is 3.63. The lowest BCUT2D eigenvalue weighted by atomic mass is 9.88. The van der Waals surface area contributed by atoms with Crippen LogP contribution in [0, 0.1) is 17.8 Å². The molecule has 2 fully saturated rings. The Morgan fingerprint density at radius 1 is 1.36 bits per heavy atom. The van der Waals surface area contributed by atoms with Crippen LogP contribution in [-0.4, -0.2) is 7.11 Å². The molecular weight excluding hydrogens is 136 g/mol. The van der Waals surface area contributed by atoms with Crippen molar-refractivity contribution in [2.45, 2.75) is 25.7 Å². The SMILES string of the molecule is C=C(OC)[C@H]1C[C@H]2CC[C@@H]1C2. The summed E-state index contributed by atoms with van der Waals surface area (Å²) in [4.78, 5) is 0. The highest BCUT2D eigenvalue weighted by atomic mass is 16.5. The Hall–Kier alpha value is -0.460. The third-order valence-electron chi connectivity index (χ3n) is 3.41. The molecule has 0 heterocycles. The van der Waals surface area contributed by atoms with Crippen molar-refractivity contribution in [3.63, 3.8) is 0 Å². The highest BCUT2D eigenvalue weighted by molar-refractivity contribution is 5.03. The first-order valence-corrected chi connectivity index (χ1v) is 4.54. The first-order chi connectivity index (χ1) is 5.31. The average molecular weight is 152 g/mol. The fraction of sp³-hybridized carbons (Fsp3) is 0.800. The minimum atomic E-state index is 0.693. The molecular formula is C10H16O. The molecule has 0 amide bonds. The molecule has 2 saturated carbocycles. The molecule has 0 aliphatic heterocycles. The van der Waals surface area contributed by atoms with E-state index in [1.807, 2.05) is 0 Å². The lowest BCUT2D eigenvalue weighted by Crippen LogP contribution is -2.13. The van der Waals surface area contributed by atoms with E-state index in [0.29, 0.717) is 5.92 Å². The number of ether oxygens (including phenoxy) is 1. The van der Waals surface area contributed by atoms with Gasteiger partial charge in [-0.1, -0.05) is 13.0 Å². The molecule has 0 aromatic heterocycles. The molecule has 1 heteroatoms. The van der Waals surface area contributed by atoms with Crippen LogP contribution in [0.25, 0.3) is 0 Å². The molecule has 0 aromatic carbocycles. The minimum Gasteiger partial charge on any atom is -0.501 e. The van der Waals surface area contributed by atoms with Crippen LogP contribution in [0.1, 0.15) is 25.7 Å². The first kappa shape index (κ1) is 7.20. The Balaban J connectivity index is 2.02. The van der Waals surface area contributed by atoms with Crippen LogP contribution in [0.4, 0.5) is 0 Å². The topological polar surface area (TPSA) is 9.23 Å². The van der Waals surface area contributed by atoms with E-state index in [1.165, 1.54) is 25.7 Å². The summed E-state index contributed by atoms with van der Waals surface area (Å²) < 4.78 is 5.19. The molecule has 0 unspecified atom stereocenters. The van der Waals surface area contributed by atoms with E-state index in [2.05, 4.69) is 6.58 Å².